The van der Waals surface area contributed by atoms with E-state index in [1.807, 2.05) is 0 Å². The highest BCUT2D eigenvalue weighted by Gasteiger charge is 2.12. The summed E-state index contributed by atoms with van der Waals surface area (Å²) in [6.45, 7) is 1.77. The van der Waals surface area contributed by atoms with E-state index < -0.39 is 5.97 Å². The second-order valence-electron chi connectivity index (χ2n) is 3.80. The van der Waals surface area contributed by atoms with Gasteiger partial charge in [0.1, 0.15) is 23.8 Å². The van der Waals surface area contributed by atoms with Crippen molar-refractivity contribution in [3.63, 3.8) is 0 Å². The first-order chi connectivity index (χ1) is 8.06. The number of carboxylic acid groups (broad SMARTS) is 1. The lowest BCUT2D eigenvalue weighted by atomic mass is 10.1. The highest BCUT2D eigenvalue weighted by atomic mass is 19.1. The summed E-state index contributed by atoms with van der Waals surface area (Å²) in [6, 6.07) is 7.71. The normalized spacial score (nSPS) is 10.5. The van der Waals surface area contributed by atoms with Crippen LogP contribution in [0.15, 0.2) is 34.7 Å². The third-order valence-corrected chi connectivity index (χ3v) is 2.44. The van der Waals surface area contributed by atoms with Crippen LogP contribution in [0.4, 0.5) is 4.39 Å². The van der Waals surface area contributed by atoms with Gasteiger partial charge >= 0.3 is 5.97 Å². The monoisotopic (exact) mass is 234 g/mol. The zero-order valence-corrected chi connectivity index (χ0v) is 9.24. The molecule has 1 aromatic heterocycles. The van der Waals surface area contributed by atoms with Crippen molar-refractivity contribution >= 4 is 5.97 Å². The number of benzene rings is 1. The molecule has 0 bridgehead atoms. The van der Waals surface area contributed by atoms with Crippen LogP contribution in [0.3, 0.4) is 0 Å². The fourth-order valence-corrected chi connectivity index (χ4v) is 1.62. The second kappa shape index (κ2) is 4.41. The standard InChI is InChI=1S/C13H11FO3/c1-8-5-12(17-11(8)7-13(15)16)9-3-2-4-10(14)6-9/h2-6H,7H2,1H3,(H,15,16). The lowest BCUT2D eigenvalue weighted by molar-refractivity contribution is -0.136. The van der Waals surface area contributed by atoms with Gasteiger partial charge in [0.25, 0.3) is 0 Å². The summed E-state index contributed by atoms with van der Waals surface area (Å²) in [5, 5.41) is 8.70. The van der Waals surface area contributed by atoms with Crippen LogP contribution in [0.2, 0.25) is 0 Å². The van der Waals surface area contributed by atoms with E-state index in [0.717, 1.165) is 5.56 Å². The Hall–Kier alpha value is -2.10. The maximum absolute atomic E-state index is 13.0. The molecule has 2 aromatic rings. The van der Waals surface area contributed by atoms with Crippen molar-refractivity contribution in [2.24, 2.45) is 0 Å². The molecule has 1 aromatic carbocycles. The van der Waals surface area contributed by atoms with Crippen LogP contribution < -0.4 is 0 Å². The van der Waals surface area contributed by atoms with E-state index in [1.165, 1.54) is 12.1 Å². The van der Waals surface area contributed by atoms with Gasteiger partial charge in [-0.3, -0.25) is 4.79 Å². The Morgan fingerprint density at radius 1 is 1.41 bits per heavy atom. The first-order valence-corrected chi connectivity index (χ1v) is 5.13. The molecule has 3 nitrogen and oxygen atoms in total. The van der Waals surface area contributed by atoms with Crippen molar-refractivity contribution < 1.29 is 18.7 Å². The number of carbonyl (C=O) groups is 1. The van der Waals surface area contributed by atoms with Gasteiger partial charge in [0, 0.05) is 5.56 Å². The van der Waals surface area contributed by atoms with E-state index in [-0.39, 0.29) is 12.2 Å². The van der Waals surface area contributed by atoms with Gasteiger partial charge in [-0.05, 0) is 30.7 Å². The van der Waals surface area contributed by atoms with Crippen LogP contribution in [0, 0.1) is 12.7 Å². The van der Waals surface area contributed by atoms with Crippen LogP contribution in [0.1, 0.15) is 11.3 Å². The van der Waals surface area contributed by atoms with Crippen molar-refractivity contribution in [3.8, 4) is 11.3 Å². The first kappa shape index (κ1) is 11.4. The second-order valence-corrected chi connectivity index (χ2v) is 3.80. The number of aliphatic carboxylic acids is 1. The lowest BCUT2D eigenvalue weighted by Gasteiger charge is -1.96. The molecule has 0 atom stereocenters. The number of hydrogen-bond acceptors (Lipinski definition) is 2. The third kappa shape index (κ3) is 2.53. The van der Waals surface area contributed by atoms with Crippen LogP contribution >= 0.6 is 0 Å². The molecule has 2 rings (SSSR count). The molecule has 0 spiro atoms. The maximum atomic E-state index is 13.0. The molecule has 0 unspecified atom stereocenters. The highest BCUT2D eigenvalue weighted by Crippen LogP contribution is 2.26. The summed E-state index contributed by atoms with van der Waals surface area (Å²) in [4.78, 5) is 10.6. The Bertz CT molecular complexity index is 558. The fourth-order valence-electron chi connectivity index (χ4n) is 1.62. The Morgan fingerprint density at radius 3 is 2.82 bits per heavy atom. The van der Waals surface area contributed by atoms with E-state index in [2.05, 4.69) is 0 Å². The lowest BCUT2D eigenvalue weighted by Crippen LogP contribution is -1.99. The highest BCUT2D eigenvalue weighted by molar-refractivity contribution is 5.70. The molecule has 0 aliphatic carbocycles. The predicted molar refractivity (Wildman–Crippen MR) is 60.2 cm³/mol. The maximum Gasteiger partial charge on any atom is 0.311 e. The molecular formula is C13H11FO3. The zero-order chi connectivity index (χ0) is 12.4. The predicted octanol–water partition coefficient (Wildman–Crippen LogP) is 3.02. The van der Waals surface area contributed by atoms with Gasteiger partial charge in [0.2, 0.25) is 0 Å². The van der Waals surface area contributed by atoms with E-state index in [9.17, 15) is 9.18 Å². The molecule has 0 radical (unpaired) electrons. The quantitative estimate of drug-likeness (QED) is 0.888. The number of aryl methyl sites for hydroxylation is 1. The van der Waals surface area contributed by atoms with Gasteiger partial charge in [-0.25, -0.2) is 4.39 Å². The summed E-state index contributed by atoms with van der Waals surface area (Å²) in [5.74, 6) is -0.417. The number of furan rings is 1. The molecule has 0 fully saturated rings. The summed E-state index contributed by atoms with van der Waals surface area (Å²) in [6.07, 6.45) is -0.166. The van der Waals surface area contributed by atoms with Crippen LogP contribution in [0.25, 0.3) is 11.3 Å². The summed E-state index contributed by atoms with van der Waals surface area (Å²) >= 11 is 0. The average Bonchev–Trinajstić information content (AvgIpc) is 2.59. The molecule has 0 aliphatic heterocycles. The molecule has 0 aliphatic rings. The molecule has 1 N–H and O–H groups in total. The van der Waals surface area contributed by atoms with Crippen LogP contribution in [0.5, 0.6) is 0 Å². The smallest absolute Gasteiger partial charge is 0.311 e. The number of carboxylic acids is 1. The summed E-state index contributed by atoms with van der Waals surface area (Å²) < 4.78 is 18.5. The third-order valence-electron chi connectivity index (χ3n) is 2.44. The van der Waals surface area contributed by atoms with E-state index in [0.29, 0.717) is 17.1 Å². The van der Waals surface area contributed by atoms with Crippen LogP contribution in [-0.4, -0.2) is 11.1 Å². The van der Waals surface area contributed by atoms with Crippen molar-refractivity contribution in [1.82, 2.24) is 0 Å². The molecule has 1 heterocycles. The number of rotatable bonds is 3. The summed E-state index contributed by atoms with van der Waals surface area (Å²) in [7, 11) is 0. The van der Waals surface area contributed by atoms with Crippen molar-refractivity contribution in [3.05, 3.63) is 47.5 Å². The topological polar surface area (TPSA) is 50.4 Å². The minimum absolute atomic E-state index is 0.166. The van der Waals surface area contributed by atoms with E-state index in [4.69, 9.17) is 9.52 Å². The zero-order valence-electron chi connectivity index (χ0n) is 9.24. The van der Waals surface area contributed by atoms with Crippen molar-refractivity contribution in [2.75, 3.05) is 0 Å². The summed E-state index contributed by atoms with van der Waals surface area (Å²) in [5.41, 5.74) is 1.36. The Kier molecular flexibility index (Phi) is 2.95. The van der Waals surface area contributed by atoms with E-state index in [1.54, 1.807) is 25.1 Å². The SMILES string of the molecule is Cc1cc(-c2cccc(F)c2)oc1CC(=O)O. The van der Waals surface area contributed by atoms with Gasteiger partial charge in [0.05, 0.1) is 0 Å². The van der Waals surface area contributed by atoms with Crippen LogP contribution in [-0.2, 0) is 11.2 Å². The fraction of sp³-hybridized carbons (Fsp3) is 0.154. The molecule has 0 saturated heterocycles. The van der Waals surface area contributed by atoms with Gasteiger partial charge in [0.15, 0.2) is 0 Å². The van der Waals surface area contributed by atoms with Crippen molar-refractivity contribution in [1.29, 1.82) is 0 Å². The molecule has 0 amide bonds. The minimum atomic E-state index is -0.951. The van der Waals surface area contributed by atoms with Gasteiger partial charge in [-0.2, -0.15) is 0 Å². The Labute approximate surface area is 97.5 Å². The van der Waals surface area contributed by atoms with Crippen molar-refractivity contribution in [2.45, 2.75) is 13.3 Å². The van der Waals surface area contributed by atoms with Gasteiger partial charge in [-0.1, -0.05) is 12.1 Å². The Morgan fingerprint density at radius 2 is 2.18 bits per heavy atom. The first-order valence-electron chi connectivity index (χ1n) is 5.13. The molecule has 0 saturated carbocycles. The van der Waals surface area contributed by atoms with Gasteiger partial charge in [-0.15, -0.1) is 0 Å². The molecule has 88 valence electrons. The number of halogens is 1. The minimum Gasteiger partial charge on any atom is -0.481 e. The van der Waals surface area contributed by atoms with E-state index >= 15 is 0 Å². The molecule has 17 heavy (non-hydrogen) atoms. The average molecular weight is 234 g/mol. The van der Waals surface area contributed by atoms with Gasteiger partial charge < -0.3 is 9.52 Å². The largest absolute Gasteiger partial charge is 0.481 e. The molecular weight excluding hydrogens is 223 g/mol. The number of hydrogen-bond donors (Lipinski definition) is 1. The molecule has 4 heteroatoms. The Balaban J connectivity index is 2.37.